The monoisotopic (exact) mass is 345 g/mol. The van der Waals surface area contributed by atoms with E-state index in [1.807, 2.05) is 0 Å². The van der Waals surface area contributed by atoms with Gasteiger partial charge in [-0.2, -0.15) is 18.2 Å². The van der Waals surface area contributed by atoms with Crippen molar-refractivity contribution in [2.45, 2.75) is 90.9 Å². The van der Waals surface area contributed by atoms with Crippen LogP contribution in [-0.4, -0.2) is 20.7 Å². The zero-order valence-corrected chi connectivity index (χ0v) is 17.8. The third kappa shape index (κ3) is 18.9. The predicted molar refractivity (Wildman–Crippen MR) is 90.7 cm³/mol. The van der Waals surface area contributed by atoms with Crippen LogP contribution in [0.5, 0.6) is 0 Å². The van der Waals surface area contributed by atoms with Crippen LogP contribution in [0.15, 0.2) is 0 Å². The van der Waals surface area contributed by atoms with Gasteiger partial charge >= 0.3 is 29.6 Å². The van der Waals surface area contributed by atoms with Crippen LogP contribution < -0.4 is 35.0 Å². The molecule has 0 aliphatic rings. The van der Waals surface area contributed by atoms with Crippen molar-refractivity contribution >= 4 is 10.1 Å². The summed E-state index contributed by atoms with van der Waals surface area (Å²) in [6.45, 7) is 4.88. The normalized spacial score (nSPS) is 11.4. The third-order valence-corrected chi connectivity index (χ3v) is 4.73. The van der Waals surface area contributed by atoms with Gasteiger partial charge in [-0.3, -0.25) is 0 Å². The fourth-order valence-electron chi connectivity index (χ4n) is 2.19. The molecule has 0 unspecified atom stereocenters. The van der Waals surface area contributed by atoms with Gasteiger partial charge in [-0.25, -0.2) is 0 Å². The van der Waals surface area contributed by atoms with Crippen LogP contribution >= 0.6 is 0 Å². The fourth-order valence-corrected chi connectivity index (χ4v) is 3.09. The van der Waals surface area contributed by atoms with E-state index in [4.69, 9.17) is 4.28 Å². The summed E-state index contributed by atoms with van der Waals surface area (Å²) in [6, 6.07) is 0. The van der Waals surface area contributed by atoms with Gasteiger partial charge in [0.05, 0.1) is 5.75 Å². The van der Waals surface area contributed by atoms with Crippen LogP contribution in [0.4, 0.5) is 0 Å². The number of hydrogen-bond acceptors (Lipinski definition) is 4. The van der Waals surface area contributed by atoms with Crippen molar-refractivity contribution in [3.8, 4) is 0 Å². The van der Waals surface area contributed by atoms with Crippen LogP contribution in [-0.2, 0) is 14.4 Å². The Morgan fingerprint density at radius 3 is 1.73 bits per heavy atom. The molecule has 0 saturated carbocycles. The minimum atomic E-state index is -3.38. The van der Waals surface area contributed by atoms with Crippen LogP contribution in [0.2, 0.25) is 0 Å². The Kier molecular flexibility index (Phi) is 20.8. The summed E-state index contributed by atoms with van der Waals surface area (Å²) >= 11 is 0. The summed E-state index contributed by atoms with van der Waals surface area (Å²) in [7, 11) is -3.38. The molecule has 0 rings (SSSR count). The standard InChI is InChI=1S/C16H35NO3S.Na.H/c1-3-5-7-8-9-10-11-12-13-14-16-21(18,19)20-17-15-6-4-2;;/h17H,3-16H2,1-2H3;;/q;+1;-1. The van der Waals surface area contributed by atoms with Gasteiger partial charge in [0, 0.05) is 6.54 Å². The van der Waals surface area contributed by atoms with Crippen molar-refractivity contribution in [2.75, 3.05) is 12.3 Å². The molecule has 22 heavy (non-hydrogen) atoms. The first-order valence-electron chi connectivity index (χ1n) is 8.76. The fraction of sp³-hybridized carbons (Fsp3) is 1.00. The number of rotatable bonds is 16. The van der Waals surface area contributed by atoms with Crippen molar-refractivity contribution in [2.24, 2.45) is 0 Å². The molecule has 0 radical (unpaired) electrons. The minimum Gasteiger partial charge on any atom is -1.00 e. The molecule has 1 N–H and O–H groups in total. The summed E-state index contributed by atoms with van der Waals surface area (Å²) in [5.41, 5.74) is 2.52. The molecule has 0 aromatic carbocycles. The van der Waals surface area contributed by atoms with Gasteiger partial charge in [-0.1, -0.05) is 78.1 Å². The smallest absolute Gasteiger partial charge is 1.00 e. The van der Waals surface area contributed by atoms with Crippen molar-refractivity contribution < 1.29 is 43.7 Å². The SMILES string of the molecule is CCCCCCCCCCCCS(=O)(=O)ONCCCC.[H-].[Na+]. The molecule has 4 nitrogen and oxygen atoms in total. The van der Waals surface area contributed by atoms with Crippen LogP contribution in [0.25, 0.3) is 0 Å². The van der Waals surface area contributed by atoms with E-state index in [0.717, 1.165) is 25.7 Å². The summed E-state index contributed by atoms with van der Waals surface area (Å²) in [5.74, 6) is 0.128. The molecule has 6 heteroatoms. The van der Waals surface area contributed by atoms with E-state index in [-0.39, 0.29) is 36.7 Å². The zero-order valence-electron chi connectivity index (χ0n) is 16.0. The van der Waals surface area contributed by atoms with E-state index in [9.17, 15) is 8.42 Å². The van der Waals surface area contributed by atoms with Crippen molar-refractivity contribution in [3.05, 3.63) is 0 Å². The maximum Gasteiger partial charge on any atom is 1.00 e. The first kappa shape index (κ1) is 25.1. The van der Waals surface area contributed by atoms with Crippen LogP contribution in [0.1, 0.15) is 92.3 Å². The second-order valence-electron chi connectivity index (χ2n) is 5.78. The molecule has 0 atom stereocenters. The molecule has 0 saturated heterocycles. The van der Waals surface area contributed by atoms with Gasteiger partial charge in [0.1, 0.15) is 0 Å². The molecule has 0 spiro atoms. The zero-order chi connectivity index (χ0) is 15.8. The Morgan fingerprint density at radius 2 is 1.23 bits per heavy atom. The minimum absolute atomic E-state index is 0. The molecular formula is C16H36NNaO3S. The number of hydroxylamine groups is 1. The second kappa shape index (κ2) is 18.2. The molecule has 0 aromatic heterocycles. The average molecular weight is 346 g/mol. The molecule has 0 aliphatic carbocycles. The topological polar surface area (TPSA) is 55.4 Å². The molecule has 0 aromatic rings. The Labute approximate surface area is 162 Å². The summed E-state index contributed by atoms with van der Waals surface area (Å²) in [4.78, 5) is 0. The van der Waals surface area contributed by atoms with E-state index in [1.54, 1.807) is 0 Å². The largest absolute Gasteiger partial charge is 1.00 e. The first-order valence-corrected chi connectivity index (χ1v) is 10.3. The Morgan fingerprint density at radius 1 is 0.773 bits per heavy atom. The molecule has 0 aliphatic heterocycles. The quantitative estimate of drug-likeness (QED) is 0.263. The van der Waals surface area contributed by atoms with Gasteiger partial charge in [0.15, 0.2) is 0 Å². The second-order valence-corrected chi connectivity index (χ2v) is 7.47. The van der Waals surface area contributed by atoms with Gasteiger partial charge in [-0.15, -0.1) is 0 Å². The third-order valence-electron chi connectivity index (χ3n) is 3.57. The Hall–Kier alpha value is 0.870. The van der Waals surface area contributed by atoms with Gasteiger partial charge in [0.2, 0.25) is 0 Å². The maximum atomic E-state index is 11.5. The molecule has 0 amide bonds. The van der Waals surface area contributed by atoms with E-state index in [1.165, 1.54) is 44.9 Å². The molecule has 0 bridgehead atoms. The van der Waals surface area contributed by atoms with Crippen molar-refractivity contribution in [1.82, 2.24) is 5.48 Å². The summed E-state index contributed by atoms with van der Waals surface area (Å²) in [6.07, 6.45) is 13.9. The predicted octanol–water partition coefficient (Wildman–Crippen LogP) is 1.67. The van der Waals surface area contributed by atoms with E-state index in [0.29, 0.717) is 13.0 Å². The van der Waals surface area contributed by atoms with E-state index in [2.05, 4.69) is 19.3 Å². The Balaban J connectivity index is -0.00000200. The number of hydrogen-bond donors (Lipinski definition) is 1. The number of unbranched alkanes of at least 4 members (excludes halogenated alkanes) is 10. The van der Waals surface area contributed by atoms with Crippen LogP contribution in [0.3, 0.4) is 0 Å². The molecule has 0 fully saturated rings. The summed E-state index contributed by atoms with van der Waals surface area (Å²) in [5, 5.41) is 0. The molecule has 0 heterocycles. The average Bonchev–Trinajstić information content (AvgIpc) is 2.45. The van der Waals surface area contributed by atoms with Gasteiger partial charge in [0.25, 0.3) is 10.1 Å². The van der Waals surface area contributed by atoms with E-state index >= 15 is 0 Å². The molecular weight excluding hydrogens is 309 g/mol. The van der Waals surface area contributed by atoms with Crippen molar-refractivity contribution in [1.29, 1.82) is 0 Å². The molecule has 130 valence electrons. The maximum absolute atomic E-state index is 11.5. The van der Waals surface area contributed by atoms with Gasteiger partial charge in [-0.05, 0) is 12.8 Å². The van der Waals surface area contributed by atoms with Gasteiger partial charge < -0.3 is 1.43 Å². The summed E-state index contributed by atoms with van der Waals surface area (Å²) < 4.78 is 27.8. The van der Waals surface area contributed by atoms with Crippen LogP contribution in [0, 0.1) is 0 Å². The first-order chi connectivity index (χ1) is 10.1. The number of nitrogens with one attached hydrogen (secondary N) is 1. The van der Waals surface area contributed by atoms with Crippen molar-refractivity contribution in [3.63, 3.8) is 0 Å². The Bertz CT molecular complexity index is 316. The van der Waals surface area contributed by atoms with E-state index < -0.39 is 10.1 Å².